The van der Waals surface area contributed by atoms with Crippen LogP contribution in [-0.2, 0) is 0 Å². The minimum absolute atomic E-state index is 0.303. The topological polar surface area (TPSA) is 0 Å². The smallest absolute Gasteiger partial charge is 0.0129 e. The van der Waals surface area contributed by atoms with E-state index in [0.717, 1.165) is 0 Å². The lowest BCUT2D eigenvalue weighted by Gasteiger charge is -2.64. The van der Waals surface area contributed by atoms with Crippen molar-refractivity contribution in [2.75, 3.05) is 0 Å². The van der Waals surface area contributed by atoms with Crippen LogP contribution in [0.15, 0.2) is 0 Å². The van der Waals surface area contributed by atoms with E-state index >= 15 is 0 Å². The Labute approximate surface area is 104 Å². The molecule has 16 heavy (non-hydrogen) atoms. The van der Waals surface area contributed by atoms with E-state index in [-0.39, 0.29) is 0 Å². The van der Waals surface area contributed by atoms with Crippen LogP contribution in [-0.4, -0.2) is 0 Å². The van der Waals surface area contributed by atoms with Gasteiger partial charge in [0.25, 0.3) is 0 Å². The standard InChI is InChI=1S/C16H34/c1-12(2)16(13(3,4)5,14(6,7)8)15(9,10)11/h12H,1-11H3. The van der Waals surface area contributed by atoms with Crippen molar-refractivity contribution >= 4 is 0 Å². The molecule has 98 valence electrons. The molecule has 0 aromatic heterocycles. The maximum Gasteiger partial charge on any atom is -0.0129 e. The third kappa shape index (κ3) is 2.17. The molecule has 0 atom stereocenters. The monoisotopic (exact) mass is 226 g/mol. The van der Waals surface area contributed by atoms with Crippen molar-refractivity contribution in [1.29, 1.82) is 0 Å². The van der Waals surface area contributed by atoms with E-state index in [9.17, 15) is 0 Å². The number of hydrogen-bond acceptors (Lipinski definition) is 0. The molecule has 0 unspecified atom stereocenters. The average Bonchev–Trinajstić information content (AvgIpc) is 1.71. The molecule has 0 aromatic rings. The van der Waals surface area contributed by atoms with E-state index in [0.29, 0.717) is 27.6 Å². The van der Waals surface area contributed by atoms with Gasteiger partial charge in [0.05, 0.1) is 0 Å². The normalized spacial score (nSPS) is 15.8. The van der Waals surface area contributed by atoms with Gasteiger partial charge in [0, 0.05) is 0 Å². The SMILES string of the molecule is CC(C)C(C(C)(C)C)(C(C)(C)C)C(C)(C)C. The molecule has 0 heteroatoms. The summed E-state index contributed by atoms with van der Waals surface area (Å²) in [6.07, 6.45) is 0. The predicted octanol–water partition coefficient (Wildman–Crippen LogP) is 5.77. The molecule has 0 fully saturated rings. The van der Waals surface area contributed by atoms with Crippen molar-refractivity contribution in [3.8, 4) is 0 Å². The molecule has 0 saturated carbocycles. The van der Waals surface area contributed by atoms with Gasteiger partial charge in [0.1, 0.15) is 0 Å². The highest BCUT2D eigenvalue weighted by Crippen LogP contribution is 2.65. The van der Waals surface area contributed by atoms with Gasteiger partial charge in [-0.3, -0.25) is 0 Å². The molecule has 0 radical (unpaired) electrons. The van der Waals surface area contributed by atoms with E-state index in [1.54, 1.807) is 0 Å². The fourth-order valence-electron chi connectivity index (χ4n) is 5.97. The molecule has 0 heterocycles. The Bertz CT molecular complexity index is 188. The number of hydrogen-bond donors (Lipinski definition) is 0. The van der Waals surface area contributed by atoms with Crippen molar-refractivity contribution in [2.45, 2.75) is 76.2 Å². The maximum atomic E-state index is 2.41. The van der Waals surface area contributed by atoms with Crippen LogP contribution in [0.5, 0.6) is 0 Å². The quantitative estimate of drug-likeness (QED) is 0.532. The Kier molecular flexibility index (Phi) is 4.03. The second kappa shape index (κ2) is 4.03. The van der Waals surface area contributed by atoms with Gasteiger partial charge >= 0.3 is 0 Å². The number of rotatable bonds is 1. The van der Waals surface area contributed by atoms with Crippen LogP contribution in [0.1, 0.15) is 76.2 Å². The zero-order valence-electron chi connectivity index (χ0n) is 13.6. The Balaban J connectivity index is 6.05. The average molecular weight is 226 g/mol. The van der Waals surface area contributed by atoms with Crippen LogP contribution in [0, 0.1) is 27.6 Å². The molecule has 0 aromatic carbocycles. The lowest BCUT2D eigenvalue weighted by Crippen LogP contribution is -2.58. The van der Waals surface area contributed by atoms with Crippen molar-refractivity contribution < 1.29 is 0 Å². The lowest BCUT2D eigenvalue weighted by molar-refractivity contribution is -0.157. The van der Waals surface area contributed by atoms with E-state index in [2.05, 4.69) is 76.2 Å². The summed E-state index contributed by atoms with van der Waals surface area (Å²) >= 11 is 0. The first-order chi connectivity index (χ1) is 6.69. The molecule has 0 rings (SSSR count). The molecular weight excluding hydrogens is 192 g/mol. The summed E-state index contributed by atoms with van der Waals surface area (Å²) in [6, 6.07) is 0. The highest BCUT2D eigenvalue weighted by Gasteiger charge is 2.58. The van der Waals surface area contributed by atoms with Gasteiger partial charge in [-0.1, -0.05) is 76.2 Å². The highest BCUT2D eigenvalue weighted by atomic mass is 14.6. The molecule has 0 N–H and O–H groups in total. The molecule has 0 amide bonds. The van der Waals surface area contributed by atoms with E-state index in [1.807, 2.05) is 0 Å². The Morgan fingerprint density at radius 2 is 0.688 bits per heavy atom. The highest BCUT2D eigenvalue weighted by molar-refractivity contribution is 5.06. The zero-order chi connectivity index (χ0) is 13.6. The van der Waals surface area contributed by atoms with Crippen LogP contribution in [0.25, 0.3) is 0 Å². The van der Waals surface area contributed by atoms with Crippen LogP contribution < -0.4 is 0 Å². The first kappa shape index (κ1) is 16.0. The van der Waals surface area contributed by atoms with Crippen LogP contribution in [0.4, 0.5) is 0 Å². The Morgan fingerprint density at radius 1 is 0.500 bits per heavy atom. The van der Waals surface area contributed by atoms with Gasteiger partial charge in [-0.2, -0.15) is 0 Å². The molecule has 0 spiro atoms. The second-order valence-corrected chi connectivity index (χ2v) is 8.71. The summed E-state index contributed by atoms with van der Waals surface area (Å²) in [5.41, 5.74) is 1.22. The second-order valence-electron chi connectivity index (χ2n) is 8.71. The van der Waals surface area contributed by atoms with E-state index in [1.165, 1.54) is 0 Å². The van der Waals surface area contributed by atoms with Crippen molar-refractivity contribution in [3.63, 3.8) is 0 Å². The fraction of sp³-hybridized carbons (Fsp3) is 1.00. The van der Waals surface area contributed by atoms with Crippen molar-refractivity contribution in [1.82, 2.24) is 0 Å². The summed E-state index contributed by atoms with van der Waals surface area (Å²) in [4.78, 5) is 0. The summed E-state index contributed by atoms with van der Waals surface area (Å²) in [5, 5.41) is 0. The molecule has 0 aliphatic carbocycles. The fourth-order valence-corrected chi connectivity index (χ4v) is 5.97. The molecule has 0 nitrogen and oxygen atoms in total. The third-order valence-corrected chi connectivity index (χ3v) is 4.42. The molecule has 0 saturated heterocycles. The summed E-state index contributed by atoms with van der Waals surface area (Å²) in [5.74, 6) is 0.674. The van der Waals surface area contributed by atoms with Gasteiger partial charge in [-0.05, 0) is 27.6 Å². The lowest BCUT2D eigenvalue weighted by atomic mass is 9.41. The maximum absolute atomic E-state index is 2.41. The van der Waals surface area contributed by atoms with Gasteiger partial charge in [0.2, 0.25) is 0 Å². The van der Waals surface area contributed by atoms with E-state index in [4.69, 9.17) is 0 Å². The van der Waals surface area contributed by atoms with Gasteiger partial charge in [0.15, 0.2) is 0 Å². The predicted molar refractivity (Wildman–Crippen MR) is 75.6 cm³/mol. The summed E-state index contributed by atoms with van der Waals surface area (Å²) in [7, 11) is 0. The molecule has 0 bridgehead atoms. The zero-order valence-corrected chi connectivity index (χ0v) is 13.6. The van der Waals surface area contributed by atoms with Crippen molar-refractivity contribution in [2.24, 2.45) is 27.6 Å². The van der Waals surface area contributed by atoms with E-state index < -0.39 is 0 Å². The molecule has 0 aliphatic heterocycles. The largest absolute Gasteiger partial charge is 0.0622 e. The molecule has 0 aliphatic rings. The Morgan fingerprint density at radius 3 is 0.688 bits per heavy atom. The summed E-state index contributed by atoms with van der Waals surface area (Å²) in [6.45, 7) is 26.4. The van der Waals surface area contributed by atoms with Gasteiger partial charge < -0.3 is 0 Å². The first-order valence-corrected chi connectivity index (χ1v) is 6.69. The Hall–Kier alpha value is 0. The van der Waals surface area contributed by atoms with Gasteiger partial charge in [-0.15, -0.1) is 0 Å². The first-order valence-electron chi connectivity index (χ1n) is 6.69. The minimum Gasteiger partial charge on any atom is -0.0622 e. The van der Waals surface area contributed by atoms with Gasteiger partial charge in [-0.25, -0.2) is 0 Å². The van der Waals surface area contributed by atoms with Crippen LogP contribution in [0.3, 0.4) is 0 Å². The van der Waals surface area contributed by atoms with Crippen molar-refractivity contribution in [3.05, 3.63) is 0 Å². The third-order valence-electron chi connectivity index (χ3n) is 4.42. The van der Waals surface area contributed by atoms with Crippen LogP contribution >= 0.6 is 0 Å². The summed E-state index contributed by atoms with van der Waals surface area (Å²) < 4.78 is 0. The van der Waals surface area contributed by atoms with Crippen LogP contribution in [0.2, 0.25) is 0 Å². The molecular formula is C16H34. The minimum atomic E-state index is 0.303.